The topological polar surface area (TPSA) is 105 Å². The van der Waals surface area contributed by atoms with E-state index in [-0.39, 0.29) is 29.8 Å². The summed E-state index contributed by atoms with van der Waals surface area (Å²) < 4.78 is 0. The molecule has 2 aliphatic rings. The maximum absolute atomic E-state index is 13.2. The van der Waals surface area contributed by atoms with Crippen LogP contribution in [0.2, 0.25) is 0 Å². The van der Waals surface area contributed by atoms with Crippen LogP contribution in [-0.4, -0.2) is 68.3 Å². The van der Waals surface area contributed by atoms with Crippen molar-refractivity contribution in [3.8, 4) is 11.3 Å². The highest BCUT2D eigenvalue weighted by Crippen LogP contribution is 2.33. The number of nitrogens with zero attached hydrogens (tertiary/aromatic N) is 5. The molecule has 2 atom stereocenters. The molecule has 0 aliphatic carbocycles. The Morgan fingerprint density at radius 2 is 1.83 bits per heavy atom. The van der Waals surface area contributed by atoms with E-state index in [1.807, 2.05) is 58.3 Å². The van der Waals surface area contributed by atoms with Gasteiger partial charge in [0.05, 0.1) is 17.3 Å². The van der Waals surface area contributed by atoms with Crippen molar-refractivity contribution in [1.82, 2.24) is 24.8 Å². The normalized spacial score (nSPS) is 20.3. The highest BCUT2D eigenvalue weighted by Gasteiger charge is 2.46. The molecule has 2 aliphatic heterocycles. The number of fused-ring (bicyclic) bond motifs is 1. The summed E-state index contributed by atoms with van der Waals surface area (Å²) in [6.45, 7) is 1.79. The van der Waals surface area contributed by atoms with Gasteiger partial charge in [-0.2, -0.15) is 0 Å². The van der Waals surface area contributed by atoms with Crippen LogP contribution in [0.15, 0.2) is 66.4 Å². The Balaban J connectivity index is 1.18. The number of carbonyl (C=O) groups excluding carboxylic acids is 2. The largest absolute Gasteiger partial charge is 0.338 e. The first-order chi connectivity index (χ1) is 17.1. The van der Waals surface area contributed by atoms with Crippen LogP contribution >= 0.6 is 11.3 Å². The number of carbonyl (C=O) groups is 2. The smallest absolute Gasteiger partial charge is 0.283 e. The lowest BCUT2D eigenvalue weighted by Gasteiger charge is -2.45. The molecule has 35 heavy (non-hydrogen) atoms. The highest BCUT2D eigenvalue weighted by molar-refractivity contribution is 7.11. The predicted molar refractivity (Wildman–Crippen MR) is 134 cm³/mol. The maximum atomic E-state index is 13.2. The Kier molecular flexibility index (Phi) is 5.50. The predicted octanol–water partition coefficient (Wildman–Crippen LogP) is 3.07. The van der Waals surface area contributed by atoms with Gasteiger partial charge in [-0.1, -0.05) is 30.3 Å². The van der Waals surface area contributed by atoms with E-state index in [0.29, 0.717) is 30.2 Å². The summed E-state index contributed by atoms with van der Waals surface area (Å²) in [6.07, 6.45) is 3.94. The van der Waals surface area contributed by atoms with Crippen LogP contribution in [-0.2, 0) is 0 Å². The quantitative estimate of drug-likeness (QED) is 0.477. The molecule has 2 aromatic heterocycles. The number of benzene rings is 2. The molecule has 0 spiro atoms. The van der Waals surface area contributed by atoms with E-state index in [1.54, 1.807) is 11.6 Å². The molecule has 9 heteroatoms. The molecule has 0 radical (unpaired) electrons. The van der Waals surface area contributed by atoms with Gasteiger partial charge in [0.2, 0.25) is 0 Å². The molecule has 2 fully saturated rings. The summed E-state index contributed by atoms with van der Waals surface area (Å²) in [5, 5.41) is 3.20. The van der Waals surface area contributed by atoms with Crippen molar-refractivity contribution >= 4 is 34.1 Å². The molecular weight excluding hydrogens is 460 g/mol. The summed E-state index contributed by atoms with van der Waals surface area (Å²) >= 11 is 1.34. The van der Waals surface area contributed by atoms with Gasteiger partial charge in [-0.15, -0.1) is 11.3 Å². The van der Waals surface area contributed by atoms with Gasteiger partial charge in [-0.05, 0) is 24.6 Å². The second kappa shape index (κ2) is 8.83. The number of likely N-dealkylation sites (tertiary alicyclic amines) is 2. The van der Waals surface area contributed by atoms with E-state index in [4.69, 9.17) is 5.73 Å². The Labute approximate surface area is 206 Å². The average molecular weight is 485 g/mol. The maximum Gasteiger partial charge on any atom is 0.283 e. The van der Waals surface area contributed by atoms with Gasteiger partial charge in [-0.3, -0.25) is 9.59 Å². The first-order valence-electron chi connectivity index (χ1n) is 11.7. The van der Waals surface area contributed by atoms with Crippen LogP contribution in [0.5, 0.6) is 0 Å². The first-order valence-corrected chi connectivity index (χ1v) is 12.5. The summed E-state index contributed by atoms with van der Waals surface area (Å²) in [6, 6.07) is 15.4. The summed E-state index contributed by atoms with van der Waals surface area (Å²) in [4.78, 5) is 42.9. The first kappa shape index (κ1) is 21.8. The number of aromatic nitrogens is 3. The SMILES string of the molecule is NC1CCN(C(=O)c2nccs2)C1C1CN(C(=O)c2ccc3c(-c4ccccc4)ncnc3c2)C1. The molecule has 176 valence electrons. The minimum absolute atomic E-state index is 0.0348. The molecular formula is C26H24N6O2S. The fourth-order valence-corrected chi connectivity index (χ4v) is 5.82. The lowest BCUT2D eigenvalue weighted by atomic mass is 9.87. The van der Waals surface area contributed by atoms with Crippen LogP contribution in [0.4, 0.5) is 0 Å². The lowest BCUT2D eigenvalue weighted by Crippen LogP contribution is -2.61. The van der Waals surface area contributed by atoms with E-state index < -0.39 is 0 Å². The zero-order valence-electron chi connectivity index (χ0n) is 18.9. The number of rotatable bonds is 4. The molecule has 8 nitrogen and oxygen atoms in total. The Bertz CT molecular complexity index is 1390. The van der Waals surface area contributed by atoms with Crippen molar-refractivity contribution in [2.75, 3.05) is 19.6 Å². The van der Waals surface area contributed by atoms with E-state index in [2.05, 4.69) is 15.0 Å². The number of hydrogen-bond acceptors (Lipinski definition) is 7. The Morgan fingerprint density at radius 3 is 2.60 bits per heavy atom. The van der Waals surface area contributed by atoms with Crippen LogP contribution in [0.25, 0.3) is 22.2 Å². The van der Waals surface area contributed by atoms with Crippen LogP contribution in [0.3, 0.4) is 0 Å². The minimum atomic E-state index is -0.0880. The fourth-order valence-electron chi connectivity index (χ4n) is 5.23. The molecule has 6 rings (SSSR count). The third-order valence-electron chi connectivity index (χ3n) is 6.99. The van der Waals surface area contributed by atoms with Crippen molar-refractivity contribution in [2.24, 2.45) is 11.7 Å². The Hall–Kier alpha value is -3.69. The van der Waals surface area contributed by atoms with Crippen molar-refractivity contribution in [3.05, 3.63) is 77.0 Å². The summed E-state index contributed by atoms with van der Waals surface area (Å²) in [5.41, 5.74) is 9.59. The van der Waals surface area contributed by atoms with Gasteiger partial charge in [0.1, 0.15) is 6.33 Å². The van der Waals surface area contributed by atoms with E-state index >= 15 is 0 Å². The lowest BCUT2D eigenvalue weighted by molar-refractivity contribution is 0.0244. The number of hydrogen-bond donors (Lipinski definition) is 1. The summed E-state index contributed by atoms with van der Waals surface area (Å²) in [5.74, 6) is 0.0615. The zero-order chi connectivity index (χ0) is 23.9. The van der Waals surface area contributed by atoms with E-state index in [1.165, 1.54) is 17.7 Å². The third kappa shape index (κ3) is 3.86. The molecule has 2 aromatic carbocycles. The van der Waals surface area contributed by atoms with Crippen LogP contribution < -0.4 is 5.73 Å². The number of thiazole rings is 1. The van der Waals surface area contributed by atoms with Crippen molar-refractivity contribution in [3.63, 3.8) is 0 Å². The second-order valence-electron chi connectivity index (χ2n) is 9.07. The van der Waals surface area contributed by atoms with Crippen molar-refractivity contribution in [1.29, 1.82) is 0 Å². The molecule has 2 saturated heterocycles. The number of nitrogens with two attached hydrogens (primary N) is 1. The molecule has 4 heterocycles. The molecule has 0 saturated carbocycles. The Morgan fingerprint density at radius 1 is 1.00 bits per heavy atom. The molecule has 2 amide bonds. The van der Waals surface area contributed by atoms with Crippen molar-refractivity contribution < 1.29 is 9.59 Å². The van der Waals surface area contributed by atoms with Crippen LogP contribution in [0, 0.1) is 5.92 Å². The molecule has 2 unspecified atom stereocenters. The minimum Gasteiger partial charge on any atom is -0.338 e. The second-order valence-corrected chi connectivity index (χ2v) is 9.96. The molecule has 2 N–H and O–H groups in total. The zero-order valence-corrected chi connectivity index (χ0v) is 19.8. The van der Waals surface area contributed by atoms with E-state index in [0.717, 1.165) is 28.6 Å². The monoisotopic (exact) mass is 484 g/mol. The van der Waals surface area contributed by atoms with E-state index in [9.17, 15) is 9.59 Å². The average Bonchev–Trinajstić information content (AvgIpc) is 3.53. The third-order valence-corrected chi connectivity index (χ3v) is 7.75. The fraction of sp³-hybridized carbons (Fsp3) is 0.269. The van der Waals surface area contributed by atoms with Crippen molar-refractivity contribution in [2.45, 2.75) is 18.5 Å². The summed E-state index contributed by atoms with van der Waals surface area (Å²) in [7, 11) is 0. The van der Waals surface area contributed by atoms with Gasteiger partial charge in [0.25, 0.3) is 11.8 Å². The van der Waals surface area contributed by atoms with Crippen LogP contribution in [0.1, 0.15) is 26.6 Å². The highest BCUT2D eigenvalue weighted by atomic mass is 32.1. The van der Waals surface area contributed by atoms with Gasteiger partial charge in [0, 0.05) is 59.7 Å². The van der Waals surface area contributed by atoms with Gasteiger partial charge < -0.3 is 15.5 Å². The van der Waals surface area contributed by atoms with Gasteiger partial charge in [-0.25, -0.2) is 15.0 Å². The molecule has 0 bridgehead atoms. The standard InChI is InChI=1S/C26H24N6O2S/c27-20-8-10-32(26(34)24-28-9-11-35-24)23(20)18-13-31(14-18)25(33)17-6-7-19-21(12-17)29-15-30-22(19)16-4-2-1-3-5-16/h1-7,9,11-12,15,18,20,23H,8,10,13-14,27H2. The van der Waals surface area contributed by atoms with Gasteiger partial charge in [0.15, 0.2) is 5.01 Å². The van der Waals surface area contributed by atoms with Gasteiger partial charge >= 0.3 is 0 Å². The number of amides is 2. The molecule has 4 aromatic rings.